The predicted molar refractivity (Wildman–Crippen MR) is 82.9 cm³/mol. The van der Waals surface area contributed by atoms with Crippen LogP contribution in [-0.2, 0) is 0 Å². The molecule has 0 amide bonds. The highest BCUT2D eigenvalue weighted by Gasteiger charge is 2.11. The van der Waals surface area contributed by atoms with Crippen LogP contribution in [0.2, 0.25) is 0 Å². The zero-order chi connectivity index (χ0) is 14.0. The molecule has 0 radical (unpaired) electrons. The van der Waals surface area contributed by atoms with Gasteiger partial charge in [0.2, 0.25) is 5.88 Å². The summed E-state index contributed by atoms with van der Waals surface area (Å²) in [4.78, 5) is 15.1. The first-order valence-electron chi connectivity index (χ1n) is 5.30. The molecule has 0 saturated carbocycles. The minimum Gasteiger partial charge on any atom is -0.478 e. The van der Waals surface area contributed by atoms with Gasteiger partial charge in [-0.25, -0.2) is 9.78 Å². The Morgan fingerprint density at radius 2 is 2.16 bits per heavy atom. The van der Waals surface area contributed by atoms with Crippen LogP contribution in [0.1, 0.15) is 15.9 Å². The van der Waals surface area contributed by atoms with Crippen molar-refractivity contribution in [1.82, 2.24) is 4.98 Å². The topological polar surface area (TPSA) is 59.4 Å². The minimum absolute atomic E-state index is 0.185. The van der Waals surface area contributed by atoms with Crippen LogP contribution < -0.4 is 4.74 Å². The number of hydrogen-bond donors (Lipinski definition) is 1. The third-order valence-corrected chi connectivity index (χ3v) is 3.71. The van der Waals surface area contributed by atoms with Crippen LogP contribution in [0.15, 0.2) is 34.9 Å². The predicted octanol–water partition coefficient (Wildman–Crippen LogP) is 4.25. The zero-order valence-electron chi connectivity index (χ0n) is 9.85. The number of benzene rings is 1. The lowest BCUT2D eigenvalue weighted by atomic mass is 10.2. The van der Waals surface area contributed by atoms with E-state index in [-0.39, 0.29) is 5.56 Å². The van der Waals surface area contributed by atoms with E-state index >= 15 is 0 Å². The summed E-state index contributed by atoms with van der Waals surface area (Å²) in [7, 11) is 0. The molecule has 1 N–H and O–H groups in total. The van der Waals surface area contributed by atoms with E-state index in [0.717, 1.165) is 13.6 Å². The molecule has 1 aromatic carbocycles. The zero-order valence-corrected chi connectivity index (χ0v) is 13.6. The number of aryl methyl sites for hydroxylation is 1. The normalized spacial score (nSPS) is 10.3. The molecule has 0 spiro atoms. The van der Waals surface area contributed by atoms with Crippen LogP contribution in [0.5, 0.6) is 11.6 Å². The lowest BCUT2D eigenvalue weighted by Crippen LogP contribution is -1.99. The number of carboxylic acids is 1. The smallest absolute Gasteiger partial charge is 0.335 e. The molecule has 0 aliphatic rings. The molecule has 0 saturated heterocycles. The first-order valence-corrected chi connectivity index (χ1v) is 7.17. The van der Waals surface area contributed by atoms with Gasteiger partial charge in [-0.3, -0.25) is 0 Å². The van der Waals surface area contributed by atoms with Crippen LogP contribution in [-0.4, -0.2) is 16.1 Å². The number of aromatic carboxylic acids is 1. The van der Waals surface area contributed by atoms with E-state index in [1.54, 1.807) is 18.3 Å². The summed E-state index contributed by atoms with van der Waals surface area (Å²) in [5.74, 6) is -0.0381. The van der Waals surface area contributed by atoms with Crippen molar-refractivity contribution in [3.05, 3.63) is 49.6 Å². The van der Waals surface area contributed by atoms with Crippen molar-refractivity contribution < 1.29 is 14.6 Å². The van der Waals surface area contributed by atoms with Gasteiger partial charge in [0.25, 0.3) is 0 Å². The van der Waals surface area contributed by atoms with Gasteiger partial charge >= 0.3 is 5.97 Å². The number of carboxylic acid groups (broad SMARTS) is 1. The molecule has 0 aliphatic carbocycles. The SMILES string of the molecule is Cc1cc(Br)cnc1Oc1cc(C(=O)O)ccc1I. The highest BCUT2D eigenvalue weighted by atomic mass is 127. The molecule has 0 bridgehead atoms. The Kier molecular flexibility index (Phi) is 4.41. The van der Waals surface area contributed by atoms with Crippen molar-refractivity contribution in [2.75, 3.05) is 0 Å². The molecular weight excluding hydrogens is 425 g/mol. The molecule has 0 fully saturated rings. The van der Waals surface area contributed by atoms with E-state index in [0.29, 0.717) is 11.6 Å². The fourth-order valence-electron chi connectivity index (χ4n) is 1.45. The number of halogens is 2. The number of aromatic nitrogens is 1. The van der Waals surface area contributed by atoms with Gasteiger partial charge < -0.3 is 9.84 Å². The Morgan fingerprint density at radius 3 is 2.79 bits per heavy atom. The molecule has 0 aliphatic heterocycles. The summed E-state index contributed by atoms with van der Waals surface area (Å²) < 4.78 is 7.38. The van der Waals surface area contributed by atoms with Crippen molar-refractivity contribution in [2.24, 2.45) is 0 Å². The Morgan fingerprint density at radius 1 is 1.42 bits per heavy atom. The van der Waals surface area contributed by atoms with Crippen LogP contribution in [0, 0.1) is 10.5 Å². The van der Waals surface area contributed by atoms with Gasteiger partial charge in [-0.1, -0.05) is 0 Å². The number of pyridine rings is 1. The summed E-state index contributed by atoms with van der Waals surface area (Å²) in [6.45, 7) is 1.88. The summed E-state index contributed by atoms with van der Waals surface area (Å²) in [6, 6.07) is 6.62. The lowest BCUT2D eigenvalue weighted by molar-refractivity contribution is 0.0696. The molecule has 0 atom stereocenters. The molecule has 4 nitrogen and oxygen atoms in total. The van der Waals surface area contributed by atoms with Crippen molar-refractivity contribution in [3.63, 3.8) is 0 Å². The van der Waals surface area contributed by atoms with Crippen LogP contribution in [0.25, 0.3) is 0 Å². The van der Waals surface area contributed by atoms with E-state index in [9.17, 15) is 4.79 Å². The van der Waals surface area contributed by atoms with Crippen molar-refractivity contribution in [3.8, 4) is 11.6 Å². The first-order chi connectivity index (χ1) is 8.97. The average molecular weight is 434 g/mol. The first kappa shape index (κ1) is 14.3. The summed E-state index contributed by atoms with van der Waals surface area (Å²) in [5, 5.41) is 8.98. The number of hydrogen-bond acceptors (Lipinski definition) is 3. The number of carbonyl (C=O) groups is 1. The summed E-state index contributed by atoms with van der Waals surface area (Å²) in [5.41, 5.74) is 1.05. The standard InChI is InChI=1S/C13H9BrINO3/c1-7-4-9(14)6-16-12(7)19-11-5-8(13(17)18)2-3-10(11)15/h2-6H,1H3,(H,17,18). The van der Waals surface area contributed by atoms with Gasteiger partial charge in [-0.15, -0.1) is 0 Å². The summed E-state index contributed by atoms with van der Waals surface area (Å²) in [6.07, 6.45) is 1.64. The van der Waals surface area contributed by atoms with Gasteiger partial charge in [0.15, 0.2) is 0 Å². The third kappa shape index (κ3) is 3.44. The fourth-order valence-corrected chi connectivity index (χ4v) is 2.34. The molecular formula is C13H9BrINO3. The second-order valence-corrected chi connectivity index (χ2v) is 5.91. The lowest BCUT2D eigenvalue weighted by Gasteiger charge is -2.10. The van der Waals surface area contributed by atoms with Crippen molar-refractivity contribution >= 4 is 44.5 Å². The largest absolute Gasteiger partial charge is 0.478 e. The number of ether oxygens (including phenoxy) is 1. The Bertz CT molecular complexity index is 646. The molecule has 2 rings (SSSR count). The fraction of sp³-hybridized carbons (Fsp3) is 0.0769. The average Bonchev–Trinajstić information content (AvgIpc) is 2.34. The maximum atomic E-state index is 10.9. The van der Waals surface area contributed by atoms with E-state index < -0.39 is 5.97 Å². The van der Waals surface area contributed by atoms with Crippen LogP contribution in [0.3, 0.4) is 0 Å². The minimum atomic E-state index is -0.985. The van der Waals surface area contributed by atoms with E-state index in [2.05, 4.69) is 43.5 Å². The van der Waals surface area contributed by atoms with Gasteiger partial charge in [0.1, 0.15) is 5.75 Å². The Balaban J connectivity index is 2.37. The maximum Gasteiger partial charge on any atom is 0.335 e. The second kappa shape index (κ2) is 5.87. The maximum absolute atomic E-state index is 10.9. The number of nitrogens with zero attached hydrogens (tertiary/aromatic N) is 1. The molecule has 1 aromatic heterocycles. The molecule has 98 valence electrons. The van der Waals surface area contributed by atoms with Gasteiger partial charge in [-0.05, 0) is 69.7 Å². The van der Waals surface area contributed by atoms with E-state index in [4.69, 9.17) is 9.84 Å². The molecule has 2 aromatic rings. The second-order valence-electron chi connectivity index (χ2n) is 3.83. The number of rotatable bonds is 3. The van der Waals surface area contributed by atoms with E-state index in [1.807, 2.05) is 13.0 Å². The van der Waals surface area contributed by atoms with Crippen molar-refractivity contribution in [1.29, 1.82) is 0 Å². The van der Waals surface area contributed by atoms with Gasteiger partial charge in [0, 0.05) is 16.2 Å². The third-order valence-electron chi connectivity index (χ3n) is 2.38. The summed E-state index contributed by atoms with van der Waals surface area (Å²) >= 11 is 5.42. The quantitative estimate of drug-likeness (QED) is 0.735. The van der Waals surface area contributed by atoms with Crippen LogP contribution in [0.4, 0.5) is 0 Å². The Labute approximate surface area is 132 Å². The Hall–Kier alpha value is -1.15. The molecule has 6 heteroatoms. The van der Waals surface area contributed by atoms with E-state index in [1.165, 1.54) is 6.07 Å². The highest BCUT2D eigenvalue weighted by molar-refractivity contribution is 14.1. The molecule has 1 heterocycles. The van der Waals surface area contributed by atoms with Crippen molar-refractivity contribution in [2.45, 2.75) is 6.92 Å². The van der Waals surface area contributed by atoms with Gasteiger partial charge in [0.05, 0.1) is 9.13 Å². The monoisotopic (exact) mass is 433 g/mol. The molecule has 0 unspecified atom stereocenters. The van der Waals surface area contributed by atoms with Gasteiger partial charge in [-0.2, -0.15) is 0 Å². The van der Waals surface area contributed by atoms with Crippen LogP contribution >= 0.6 is 38.5 Å². The highest BCUT2D eigenvalue weighted by Crippen LogP contribution is 2.29. The molecule has 19 heavy (non-hydrogen) atoms.